The molecule has 0 atom stereocenters. The number of ether oxygens (including phenoxy) is 1. The summed E-state index contributed by atoms with van der Waals surface area (Å²) >= 11 is 0. The van der Waals surface area contributed by atoms with Gasteiger partial charge in [0.15, 0.2) is 0 Å². The van der Waals surface area contributed by atoms with Crippen molar-refractivity contribution in [2.75, 3.05) is 27.2 Å². The molecule has 0 amide bonds. The van der Waals surface area contributed by atoms with E-state index in [0.717, 1.165) is 25.3 Å². The van der Waals surface area contributed by atoms with Crippen molar-refractivity contribution in [3.8, 4) is 5.75 Å². The molecule has 1 aromatic carbocycles. The standard InChI is InChI=1S/C12H19NO/c1-4-14-12-7-5-6-11(10-12)8-9-13(2)3/h5-7,10H,4,8-9H2,1-3H3. The number of benzene rings is 1. The van der Waals surface area contributed by atoms with Crippen LogP contribution in [0.25, 0.3) is 0 Å². The average molecular weight is 193 g/mol. The number of likely N-dealkylation sites (N-methyl/N-ethyl adjacent to an activating group) is 1. The van der Waals surface area contributed by atoms with E-state index in [2.05, 4.69) is 37.2 Å². The molecule has 0 spiro atoms. The van der Waals surface area contributed by atoms with E-state index in [0.29, 0.717) is 0 Å². The molecule has 0 N–H and O–H groups in total. The number of rotatable bonds is 5. The summed E-state index contributed by atoms with van der Waals surface area (Å²) in [5, 5.41) is 0. The van der Waals surface area contributed by atoms with Gasteiger partial charge < -0.3 is 9.64 Å². The van der Waals surface area contributed by atoms with Gasteiger partial charge in [-0.15, -0.1) is 0 Å². The van der Waals surface area contributed by atoms with Crippen LogP contribution in [-0.4, -0.2) is 32.1 Å². The van der Waals surface area contributed by atoms with E-state index in [-0.39, 0.29) is 0 Å². The lowest BCUT2D eigenvalue weighted by molar-refractivity contribution is 0.339. The minimum Gasteiger partial charge on any atom is -0.494 e. The van der Waals surface area contributed by atoms with Crippen molar-refractivity contribution in [3.05, 3.63) is 29.8 Å². The van der Waals surface area contributed by atoms with Crippen LogP contribution < -0.4 is 4.74 Å². The van der Waals surface area contributed by atoms with Gasteiger partial charge in [-0.05, 0) is 45.1 Å². The van der Waals surface area contributed by atoms with Gasteiger partial charge in [0.25, 0.3) is 0 Å². The number of nitrogens with zero attached hydrogens (tertiary/aromatic N) is 1. The van der Waals surface area contributed by atoms with Gasteiger partial charge in [0, 0.05) is 6.54 Å². The first kappa shape index (κ1) is 11.1. The SMILES string of the molecule is CCOc1cccc(CCN(C)C)c1. The van der Waals surface area contributed by atoms with Crippen molar-refractivity contribution in [1.82, 2.24) is 4.90 Å². The predicted molar refractivity (Wildman–Crippen MR) is 59.9 cm³/mol. The van der Waals surface area contributed by atoms with E-state index < -0.39 is 0 Å². The summed E-state index contributed by atoms with van der Waals surface area (Å²) in [4.78, 5) is 2.19. The van der Waals surface area contributed by atoms with Crippen LogP contribution in [0, 0.1) is 0 Å². The molecule has 14 heavy (non-hydrogen) atoms. The van der Waals surface area contributed by atoms with Crippen LogP contribution >= 0.6 is 0 Å². The van der Waals surface area contributed by atoms with Gasteiger partial charge in [0.2, 0.25) is 0 Å². The van der Waals surface area contributed by atoms with E-state index in [4.69, 9.17) is 4.74 Å². The van der Waals surface area contributed by atoms with E-state index >= 15 is 0 Å². The molecule has 0 aliphatic heterocycles. The minimum atomic E-state index is 0.733. The van der Waals surface area contributed by atoms with Crippen molar-refractivity contribution < 1.29 is 4.74 Å². The molecule has 0 unspecified atom stereocenters. The highest BCUT2D eigenvalue weighted by Gasteiger charge is 1.97. The summed E-state index contributed by atoms with van der Waals surface area (Å²) < 4.78 is 5.44. The summed E-state index contributed by atoms with van der Waals surface area (Å²) in [7, 11) is 4.18. The lowest BCUT2D eigenvalue weighted by atomic mass is 10.1. The van der Waals surface area contributed by atoms with Gasteiger partial charge in [-0.3, -0.25) is 0 Å². The fourth-order valence-electron chi connectivity index (χ4n) is 1.31. The third-order valence-corrected chi connectivity index (χ3v) is 2.06. The molecule has 1 aromatic rings. The van der Waals surface area contributed by atoms with Gasteiger partial charge in [-0.25, -0.2) is 0 Å². The molecule has 0 aromatic heterocycles. The molecule has 2 heteroatoms. The molecular formula is C12H19NO. The summed E-state index contributed by atoms with van der Waals surface area (Å²) in [6, 6.07) is 8.32. The zero-order chi connectivity index (χ0) is 10.4. The third kappa shape index (κ3) is 3.79. The van der Waals surface area contributed by atoms with Crippen molar-refractivity contribution in [2.24, 2.45) is 0 Å². The molecule has 0 radical (unpaired) electrons. The van der Waals surface area contributed by atoms with Crippen LogP contribution in [-0.2, 0) is 6.42 Å². The van der Waals surface area contributed by atoms with Crippen LogP contribution in [0.1, 0.15) is 12.5 Å². The second-order valence-electron chi connectivity index (χ2n) is 3.63. The van der Waals surface area contributed by atoms with Gasteiger partial charge in [-0.2, -0.15) is 0 Å². The smallest absolute Gasteiger partial charge is 0.119 e. The van der Waals surface area contributed by atoms with E-state index in [1.807, 2.05) is 13.0 Å². The first-order valence-corrected chi connectivity index (χ1v) is 5.09. The van der Waals surface area contributed by atoms with Gasteiger partial charge >= 0.3 is 0 Å². The lowest BCUT2D eigenvalue weighted by Crippen LogP contribution is -2.15. The zero-order valence-electron chi connectivity index (χ0n) is 9.29. The molecule has 0 saturated heterocycles. The van der Waals surface area contributed by atoms with Crippen LogP contribution in [0.2, 0.25) is 0 Å². The van der Waals surface area contributed by atoms with Gasteiger partial charge in [0.05, 0.1) is 6.61 Å². The van der Waals surface area contributed by atoms with Crippen molar-refractivity contribution in [3.63, 3.8) is 0 Å². The summed E-state index contributed by atoms with van der Waals surface area (Å²) in [6.45, 7) is 3.82. The Kier molecular flexibility index (Phi) is 4.47. The quantitative estimate of drug-likeness (QED) is 0.710. The molecular weight excluding hydrogens is 174 g/mol. The largest absolute Gasteiger partial charge is 0.494 e. The van der Waals surface area contributed by atoms with Crippen molar-refractivity contribution in [1.29, 1.82) is 0 Å². The maximum atomic E-state index is 5.44. The van der Waals surface area contributed by atoms with E-state index in [9.17, 15) is 0 Å². The van der Waals surface area contributed by atoms with Crippen molar-refractivity contribution in [2.45, 2.75) is 13.3 Å². The Morgan fingerprint density at radius 1 is 1.29 bits per heavy atom. The Balaban J connectivity index is 2.54. The molecule has 0 aliphatic rings. The lowest BCUT2D eigenvalue weighted by Gasteiger charge is -2.10. The Morgan fingerprint density at radius 2 is 2.07 bits per heavy atom. The van der Waals surface area contributed by atoms with E-state index in [1.165, 1.54) is 5.56 Å². The Bertz CT molecular complexity index is 271. The van der Waals surface area contributed by atoms with Crippen LogP contribution in [0.3, 0.4) is 0 Å². The maximum absolute atomic E-state index is 5.44. The zero-order valence-corrected chi connectivity index (χ0v) is 9.29. The highest BCUT2D eigenvalue weighted by atomic mass is 16.5. The van der Waals surface area contributed by atoms with Crippen LogP contribution in [0.5, 0.6) is 5.75 Å². The number of hydrogen-bond donors (Lipinski definition) is 0. The molecule has 0 heterocycles. The van der Waals surface area contributed by atoms with Crippen LogP contribution in [0.15, 0.2) is 24.3 Å². The normalized spacial score (nSPS) is 10.6. The molecule has 78 valence electrons. The summed E-state index contributed by atoms with van der Waals surface area (Å²) in [5.41, 5.74) is 1.34. The minimum absolute atomic E-state index is 0.733. The highest BCUT2D eigenvalue weighted by Crippen LogP contribution is 2.13. The molecule has 0 aliphatic carbocycles. The number of hydrogen-bond acceptors (Lipinski definition) is 2. The van der Waals surface area contributed by atoms with Crippen molar-refractivity contribution >= 4 is 0 Å². The third-order valence-electron chi connectivity index (χ3n) is 2.06. The molecule has 0 bridgehead atoms. The predicted octanol–water partition coefficient (Wildman–Crippen LogP) is 2.19. The molecule has 2 nitrogen and oxygen atoms in total. The monoisotopic (exact) mass is 193 g/mol. The highest BCUT2D eigenvalue weighted by molar-refractivity contribution is 5.28. The van der Waals surface area contributed by atoms with Gasteiger partial charge in [-0.1, -0.05) is 12.1 Å². The topological polar surface area (TPSA) is 12.5 Å². The summed E-state index contributed by atoms with van der Waals surface area (Å²) in [5.74, 6) is 0.976. The first-order chi connectivity index (χ1) is 6.72. The second-order valence-corrected chi connectivity index (χ2v) is 3.63. The Hall–Kier alpha value is -1.02. The fourth-order valence-corrected chi connectivity index (χ4v) is 1.31. The Morgan fingerprint density at radius 3 is 2.71 bits per heavy atom. The second kappa shape index (κ2) is 5.66. The van der Waals surface area contributed by atoms with Crippen LogP contribution in [0.4, 0.5) is 0 Å². The fraction of sp³-hybridized carbons (Fsp3) is 0.500. The molecule has 0 fully saturated rings. The molecule has 0 saturated carbocycles. The average Bonchev–Trinajstić information content (AvgIpc) is 2.16. The van der Waals surface area contributed by atoms with Gasteiger partial charge in [0.1, 0.15) is 5.75 Å². The summed E-state index contributed by atoms with van der Waals surface area (Å²) in [6.07, 6.45) is 1.08. The van der Waals surface area contributed by atoms with E-state index in [1.54, 1.807) is 0 Å². The maximum Gasteiger partial charge on any atom is 0.119 e. The molecule has 1 rings (SSSR count). The first-order valence-electron chi connectivity index (χ1n) is 5.09. The Labute approximate surface area is 86.5 Å².